The van der Waals surface area contributed by atoms with Crippen molar-refractivity contribution in [2.75, 3.05) is 20.2 Å². The maximum Gasteiger partial charge on any atom is 0.124 e. The van der Waals surface area contributed by atoms with Crippen LogP contribution in [-0.4, -0.2) is 35.3 Å². The Labute approximate surface area is 161 Å². The molecule has 0 radical (unpaired) electrons. The van der Waals surface area contributed by atoms with E-state index in [1.165, 1.54) is 5.56 Å². The van der Waals surface area contributed by atoms with Crippen LogP contribution in [0.4, 0.5) is 0 Å². The monoisotopic (exact) mass is 377 g/mol. The molecule has 1 aliphatic rings. The van der Waals surface area contributed by atoms with Crippen molar-refractivity contribution in [1.29, 1.82) is 0 Å². The van der Waals surface area contributed by atoms with Gasteiger partial charge in [0.2, 0.25) is 0 Å². The van der Waals surface area contributed by atoms with Crippen LogP contribution in [-0.2, 0) is 18.8 Å². The number of methoxy groups -OCH3 is 1. The number of benzene rings is 2. The average Bonchev–Trinajstić information content (AvgIpc) is 2.64. The Morgan fingerprint density at radius 3 is 2.31 bits per heavy atom. The third-order valence-electron chi connectivity index (χ3n) is 5.19. The Kier molecular flexibility index (Phi) is 7.07. The van der Waals surface area contributed by atoms with E-state index < -0.39 is 5.60 Å². The van der Waals surface area contributed by atoms with Crippen LogP contribution in [0.2, 0.25) is 0 Å². The molecule has 0 amide bonds. The molecule has 2 aromatic carbocycles. The number of aliphatic hydroxyl groups is 2. The van der Waals surface area contributed by atoms with Gasteiger partial charge in [0.15, 0.2) is 0 Å². The lowest BCUT2D eigenvalue weighted by atomic mass is 9.84. The number of aliphatic hydroxyl groups excluding tert-OH is 1. The lowest BCUT2D eigenvalue weighted by Gasteiger charge is -2.38. The van der Waals surface area contributed by atoms with Gasteiger partial charge in [0, 0.05) is 25.2 Å². The number of rotatable bonds is 5. The Morgan fingerprint density at radius 1 is 1.08 bits per heavy atom. The van der Waals surface area contributed by atoms with Crippen LogP contribution >= 0.6 is 12.4 Å². The number of likely N-dealkylation sites (tertiary alicyclic amines) is 1. The molecule has 5 heteroatoms. The molecule has 0 saturated carbocycles. The number of hydrogen-bond acceptors (Lipinski definition) is 4. The van der Waals surface area contributed by atoms with E-state index in [9.17, 15) is 10.2 Å². The molecule has 0 spiro atoms. The number of hydrogen-bond donors (Lipinski definition) is 2. The van der Waals surface area contributed by atoms with Gasteiger partial charge in [-0.15, -0.1) is 12.4 Å². The summed E-state index contributed by atoms with van der Waals surface area (Å²) >= 11 is 0. The molecule has 1 heterocycles. The first kappa shape index (κ1) is 20.7. The van der Waals surface area contributed by atoms with Crippen molar-refractivity contribution in [1.82, 2.24) is 4.90 Å². The second-order valence-electron chi connectivity index (χ2n) is 6.98. The molecule has 2 aromatic rings. The van der Waals surface area contributed by atoms with Crippen molar-refractivity contribution in [3.8, 4) is 5.75 Å². The van der Waals surface area contributed by atoms with Crippen LogP contribution in [0, 0.1) is 6.92 Å². The summed E-state index contributed by atoms with van der Waals surface area (Å²) in [5, 5.41) is 20.5. The summed E-state index contributed by atoms with van der Waals surface area (Å²) in [5.41, 5.74) is 3.48. The summed E-state index contributed by atoms with van der Waals surface area (Å²) < 4.78 is 5.26. The summed E-state index contributed by atoms with van der Waals surface area (Å²) in [7, 11) is 1.62. The summed E-state index contributed by atoms with van der Waals surface area (Å²) in [6.45, 7) is 4.56. The highest BCUT2D eigenvalue weighted by atomic mass is 35.5. The van der Waals surface area contributed by atoms with E-state index in [4.69, 9.17) is 4.74 Å². The predicted molar refractivity (Wildman–Crippen MR) is 106 cm³/mol. The van der Waals surface area contributed by atoms with E-state index in [-0.39, 0.29) is 19.0 Å². The highest BCUT2D eigenvalue weighted by Crippen LogP contribution is 2.33. The van der Waals surface area contributed by atoms with Gasteiger partial charge in [-0.25, -0.2) is 0 Å². The van der Waals surface area contributed by atoms with Crippen molar-refractivity contribution in [3.63, 3.8) is 0 Å². The van der Waals surface area contributed by atoms with Crippen LogP contribution in [0.3, 0.4) is 0 Å². The molecule has 1 fully saturated rings. The molecule has 0 atom stereocenters. The molecule has 0 aromatic heterocycles. The Morgan fingerprint density at radius 2 is 1.73 bits per heavy atom. The van der Waals surface area contributed by atoms with Gasteiger partial charge in [0.05, 0.1) is 19.3 Å². The lowest BCUT2D eigenvalue weighted by molar-refractivity contribution is -0.0277. The molecular formula is C21H28ClNO3. The van der Waals surface area contributed by atoms with Gasteiger partial charge >= 0.3 is 0 Å². The third-order valence-corrected chi connectivity index (χ3v) is 5.19. The van der Waals surface area contributed by atoms with Crippen LogP contribution in [0.15, 0.2) is 42.5 Å². The van der Waals surface area contributed by atoms with Crippen LogP contribution in [0.5, 0.6) is 5.75 Å². The van der Waals surface area contributed by atoms with E-state index in [1.54, 1.807) is 7.11 Å². The fraction of sp³-hybridized carbons (Fsp3) is 0.429. The summed E-state index contributed by atoms with van der Waals surface area (Å²) in [6.07, 6.45) is 1.47. The van der Waals surface area contributed by atoms with Gasteiger partial charge < -0.3 is 14.9 Å². The number of aryl methyl sites for hydroxylation is 1. The zero-order chi connectivity index (χ0) is 17.9. The Bertz CT molecular complexity index is 710. The van der Waals surface area contributed by atoms with E-state index in [2.05, 4.69) is 24.0 Å². The molecule has 3 rings (SSSR count). The van der Waals surface area contributed by atoms with Crippen LogP contribution < -0.4 is 4.74 Å². The highest BCUT2D eigenvalue weighted by Gasteiger charge is 2.33. The predicted octanol–water partition coefficient (Wildman–Crippen LogP) is 3.40. The molecule has 142 valence electrons. The first-order valence-corrected chi connectivity index (χ1v) is 8.82. The molecular weight excluding hydrogens is 350 g/mol. The number of nitrogens with zero attached hydrogens (tertiary/aromatic N) is 1. The lowest BCUT2D eigenvalue weighted by Crippen LogP contribution is -2.42. The van der Waals surface area contributed by atoms with E-state index >= 15 is 0 Å². The fourth-order valence-corrected chi connectivity index (χ4v) is 3.55. The van der Waals surface area contributed by atoms with Gasteiger partial charge in [-0.1, -0.05) is 35.9 Å². The first-order valence-electron chi connectivity index (χ1n) is 8.82. The summed E-state index contributed by atoms with van der Waals surface area (Å²) in [6, 6.07) is 14.2. The Balaban J connectivity index is 0.00000243. The third kappa shape index (κ3) is 4.57. The number of halogens is 1. The zero-order valence-corrected chi connectivity index (χ0v) is 16.3. The Hall–Kier alpha value is -1.59. The number of piperidine rings is 1. The second-order valence-corrected chi connectivity index (χ2v) is 6.98. The second kappa shape index (κ2) is 8.87. The van der Waals surface area contributed by atoms with Crippen molar-refractivity contribution >= 4 is 12.4 Å². The molecule has 0 aliphatic carbocycles. The van der Waals surface area contributed by atoms with Crippen molar-refractivity contribution in [2.24, 2.45) is 0 Å². The van der Waals surface area contributed by atoms with Gasteiger partial charge in [0.25, 0.3) is 0 Å². The summed E-state index contributed by atoms with van der Waals surface area (Å²) in [4.78, 5) is 2.35. The summed E-state index contributed by atoms with van der Waals surface area (Å²) in [5.74, 6) is 0.721. The van der Waals surface area contributed by atoms with E-state index in [1.807, 2.05) is 30.3 Å². The van der Waals surface area contributed by atoms with Gasteiger partial charge in [-0.2, -0.15) is 0 Å². The zero-order valence-electron chi connectivity index (χ0n) is 15.4. The highest BCUT2D eigenvalue weighted by molar-refractivity contribution is 5.85. The minimum Gasteiger partial charge on any atom is -0.496 e. The van der Waals surface area contributed by atoms with Crippen molar-refractivity contribution in [3.05, 3.63) is 64.7 Å². The molecule has 1 saturated heterocycles. The van der Waals surface area contributed by atoms with Crippen LogP contribution in [0.1, 0.15) is 35.1 Å². The number of ether oxygens (including phenoxy) is 1. The van der Waals surface area contributed by atoms with E-state index in [0.717, 1.165) is 54.9 Å². The molecule has 1 aliphatic heterocycles. The van der Waals surface area contributed by atoms with Gasteiger partial charge in [-0.3, -0.25) is 4.90 Å². The SMILES string of the molecule is COc1ccc(CN2CCC(O)(c3ccc(C)cc3)CC2)cc1CO.Cl. The maximum atomic E-state index is 11.0. The average molecular weight is 378 g/mol. The normalized spacial score (nSPS) is 16.8. The molecule has 4 nitrogen and oxygen atoms in total. The van der Waals surface area contributed by atoms with Crippen molar-refractivity contribution in [2.45, 2.75) is 38.5 Å². The minimum absolute atomic E-state index is 0. The minimum atomic E-state index is -0.722. The van der Waals surface area contributed by atoms with Gasteiger partial charge in [0.1, 0.15) is 5.75 Å². The van der Waals surface area contributed by atoms with Crippen molar-refractivity contribution < 1.29 is 14.9 Å². The molecule has 26 heavy (non-hydrogen) atoms. The maximum absolute atomic E-state index is 11.0. The fourth-order valence-electron chi connectivity index (χ4n) is 3.55. The molecule has 0 unspecified atom stereocenters. The first-order chi connectivity index (χ1) is 12.0. The topological polar surface area (TPSA) is 52.9 Å². The molecule has 0 bridgehead atoms. The molecule has 2 N–H and O–H groups in total. The largest absolute Gasteiger partial charge is 0.496 e. The smallest absolute Gasteiger partial charge is 0.124 e. The van der Waals surface area contributed by atoms with Crippen LogP contribution in [0.25, 0.3) is 0 Å². The van der Waals surface area contributed by atoms with Gasteiger partial charge in [-0.05, 0) is 43.0 Å². The van der Waals surface area contributed by atoms with E-state index in [0.29, 0.717) is 0 Å². The standard InChI is InChI=1S/C21H27NO3.ClH/c1-16-3-6-19(7-4-16)21(24)9-11-22(12-10-21)14-17-5-8-20(25-2)18(13-17)15-23;/h3-8,13,23-24H,9-12,14-15H2,1-2H3;1H. The quantitative estimate of drug-likeness (QED) is 0.838.